The van der Waals surface area contributed by atoms with Crippen molar-refractivity contribution in [3.05, 3.63) is 30.3 Å². The van der Waals surface area contributed by atoms with E-state index in [9.17, 15) is 4.79 Å². The van der Waals surface area contributed by atoms with E-state index in [0.29, 0.717) is 18.7 Å². The fraction of sp³-hybridized carbons (Fsp3) is 0.444. The van der Waals surface area contributed by atoms with Crippen molar-refractivity contribution in [3.8, 4) is 0 Å². The normalized spacial score (nSPS) is 9.56. The number of hydrogen-bond donors (Lipinski definition) is 1. The van der Waals surface area contributed by atoms with E-state index in [4.69, 9.17) is 5.53 Å². The molecule has 0 aliphatic rings. The van der Waals surface area contributed by atoms with Crippen LogP contribution < -0.4 is 5.32 Å². The lowest BCUT2D eigenvalue weighted by atomic mass is 10.3. The first-order valence-corrected chi connectivity index (χ1v) is 6.73. The predicted octanol–water partition coefficient (Wildman–Crippen LogP) is 3.17. The number of halogens is 1. The summed E-state index contributed by atoms with van der Waals surface area (Å²) in [5, 5.41) is 8.08. The number of hydrogen-bond acceptors (Lipinski definition) is 3. The molecule has 0 saturated heterocycles. The minimum atomic E-state index is -0.0389. The van der Waals surface area contributed by atoms with Crippen LogP contribution in [0.5, 0.6) is 0 Å². The quantitative estimate of drug-likeness (QED) is 0.276. The standard InChI is InChI=1S/C9H11IN4OS/c10-8-5-7(6-16-8)9(15)12-3-1-2-4-13-14-11/h5-6H,1-4H2,(H,12,15). The van der Waals surface area contributed by atoms with Crippen molar-refractivity contribution in [3.63, 3.8) is 0 Å². The van der Waals surface area contributed by atoms with Crippen LogP contribution in [-0.2, 0) is 0 Å². The van der Waals surface area contributed by atoms with Gasteiger partial charge < -0.3 is 5.32 Å². The monoisotopic (exact) mass is 350 g/mol. The average Bonchev–Trinajstić information content (AvgIpc) is 2.70. The number of nitrogens with one attached hydrogen (secondary N) is 1. The van der Waals surface area contributed by atoms with Crippen molar-refractivity contribution < 1.29 is 4.79 Å². The second-order valence-corrected chi connectivity index (χ2v) is 5.86. The molecule has 0 spiro atoms. The molecule has 1 amide bonds. The number of carbonyl (C=O) groups is 1. The minimum absolute atomic E-state index is 0.0389. The van der Waals surface area contributed by atoms with Gasteiger partial charge in [0.2, 0.25) is 0 Å². The summed E-state index contributed by atoms with van der Waals surface area (Å²) in [5.74, 6) is -0.0389. The zero-order valence-corrected chi connectivity index (χ0v) is 11.5. The highest BCUT2D eigenvalue weighted by molar-refractivity contribution is 14.1. The molecular formula is C9H11IN4OS. The molecule has 0 aliphatic heterocycles. The van der Waals surface area contributed by atoms with Crippen molar-refractivity contribution in [1.29, 1.82) is 0 Å². The maximum atomic E-state index is 11.6. The third kappa shape index (κ3) is 4.82. The number of unbranched alkanes of at least 4 members (excludes halogenated alkanes) is 1. The van der Waals surface area contributed by atoms with E-state index in [-0.39, 0.29) is 5.91 Å². The molecule has 0 radical (unpaired) electrons. The van der Waals surface area contributed by atoms with E-state index in [0.717, 1.165) is 15.7 Å². The summed E-state index contributed by atoms with van der Waals surface area (Å²) in [7, 11) is 0. The van der Waals surface area contributed by atoms with Crippen molar-refractivity contribution in [1.82, 2.24) is 5.32 Å². The second-order valence-electron chi connectivity index (χ2n) is 3.06. The Balaban J connectivity index is 2.18. The van der Waals surface area contributed by atoms with Gasteiger partial charge in [0, 0.05) is 23.4 Å². The average molecular weight is 350 g/mol. The molecule has 86 valence electrons. The summed E-state index contributed by atoms with van der Waals surface area (Å²) in [6.07, 6.45) is 1.62. The Bertz CT molecular complexity index is 400. The molecule has 0 atom stereocenters. The molecular weight excluding hydrogens is 339 g/mol. The summed E-state index contributed by atoms with van der Waals surface area (Å²) in [6, 6.07) is 1.86. The van der Waals surface area contributed by atoms with Crippen LogP contribution in [0.2, 0.25) is 0 Å². The third-order valence-electron chi connectivity index (χ3n) is 1.86. The zero-order chi connectivity index (χ0) is 11.8. The van der Waals surface area contributed by atoms with Crippen LogP contribution in [0.25, 0.3) is 10.4 Å². The molecule has 0 aliphatic carbocycles. The van der Waals surface area contributed by atoms with Crippen molar-refractivity contribution in [2.45, 2.75) is 12.8 Å². The molecule has 0 unspecified atom stereocenters. The van der Waals surface area contributed by atoms with Crippen LogP contribution >= 0.6 is 33.9 Å². The molecule has 0 saturated carbocycles. The lowest BCUT2D eigenvalue weighted by molar-refractivity contribution is 0.0953. The molecule has 1 aromatic rings. The van der Waals surface area contributed by atoms with E-state index in [1.54, 1.807) is 11.3 Å². The number of amides is 1. The van der Waals surface area contributed by atoms with Gasteiger partial charge in [-0.25, -0.2) is 0 Å². The smallest absolute Gasteiger partial charge is 0.252 e. The van der Waals surface area contributed by atoms with Crippen molar-refractivity contribution >= 4 is 39.8 Å². The number of nitrogens with zero attached hydrogens (tertiary/aromatic N) is 3. The number of azide groups is 1. The first kappa shape index (κ1) is 13.3. The summed E-state index contributed by atoms with van der Waals surface area (Å²) in [5.41, 5.74) is 8.76. The fourth-order valence-electron chi connectivity index (χ4n) is 1.09. The van der Waals surface area contributed by atoms with Gasteiger partial charge in [-0.05, 0) is 47.0 Å². The highest BCUT2D eigenvalue weighted by Crippen LogP contribution is 2.16. The van der Waals surface area contributed by atoms with Crippen LogP contribution in [0.15, 0.2) is 16.6 Å². The third-order valence-corrected chi connectivity index (χ3v) is 3.65. The largest absolute Gasteiger partial charge is 0.352 e. The van der Waals surface area contributed by atoms with Gasteiger partial charge in [-0.2, -0.15) is 0 Å². The van der Waals surface area contributed by atoms with E-state index in [2.05, 4.69) is 37.9 Å². The SMILES string of the molecule is [N-]=[N+]=NCCCCNC(=O)c1csc(I)c1. The molecule has 0 aromatic carbocycles. The topological polar surface area (TPSA) is 77.9 Å². The maximum absolute atomic E-state index is 11.6. The lowest BCUT2D eigenvalue weighted by Gasteiger charge is -2.01. The Labute approximate surface area is 111 Å². The summed E-state index contributed by atoms with van der Waals surface area (Å²) in [6.45, 7) is 1.11. The second kappa shape index (κ2) is 7.48. The van der Waals surface area contributed by atoms with Crippen LogP contribution in [0.4, 0.5) is 0 Å². The molecule has 0 bridgehead atoms. The molecule has 7 heteroatoms. The lowest BCUT2D eigenvalue weighted by Crippen LogP contribution is -2.23. The van der Waals surface area contributed by atoms with Gasteiger partial charge in [-0.3, -0.25) is 4.79 Å². The fourth-order valence-corrected chi connectivity index (χ4v) is 2.41. The Hall–Kier alpha value is -0.790. The molecule has 1 N–H and O–H groups in total. The van der Waals surface area contributed by atoms with Gasteiger partial charge in [0.15, 0.2) is 0 Å². The van der Waals surface area contributed by atoms with Crippen molar-refractivity contribution in [2.75, 3.05) is 13.1 Å². The van der Waals surface area contributed by atoms with Gasteiger partial charge in [0.25, 0.3) is 5.91 Å². The summed E-state index contributed by atoms with van der Waals surface area (Å²) < 4.78 is 1.10. The van der Waals surface area contributed by atoms with Gasteiger partial charge >= 0.3 is 0 Å². The van der Waals surface area contributed by atoms with Gasteiger partial charge in [0.05, 0.1) is 8.45 Å². The maximum Gasteiger partial charge on any atom is 0.252 e. The van der Waals surface area contributed by atoms with Gasteiger partial charge in [-0.15, -0.1) is 11.3 Å². The first-order valence-electron chi connectivity index (χ1n) is 4.77. The Morgan fingerprint density at radius 3 is 3.06 bits per heavy atom. The van der Waals surface area contributed by atoms with Gasteiger partial charge in [-0.1, -0.05) is 5.11 Å². The van der Waals surface area contributed by atoms with E-state index in [1.807, 2.05) is 11.4 Å². The highest BCUT2D eigenvalue weighted by atomic mass is 127. The molecule has 5 nitrogen and oxygen atoms in total. The van der Waals surface area contributed by atoms with E-state index < -0.39 is 0 Å². The highest BCUT2D eigenvalue weighted by Gasteiger charge is 2.06. The van der Waals surface area contributed by atoms with E-state index >= 15 is 0 Å². The Morgan fingerprint density at radius 2 is 2.44 bits per heavy atom. The molecule has 0 fully saturated rings. The molecule has 1 aromatic heterocycles. The molecule has 16 heavy (non-hydrogen) atoms. The Kier molecular flexibility index (Phi) is 6.20. The van der Waals surface area contributed by atoms with Crippen LogP contribution in [0.3, 0.4) is 0 Å². The molecule has 1 rings (SSSR count). The van der Waals surface area contributed by atoms with Crippen LogP contribution in [0.1, 0.15) is 23.2 Å². The molecule has 1 heterocycles. The van der Waals surface area contributed by atoms with Gasteiger partial charge in [0.1, 0.15) is 0 Å². The predicted molar refractivity (Wildman–Crippen MR) is 72.6 cm³/mol. The Morgan fingerprint density at radius 1 is 1.62 bits per heavy atom. The number of carbonyl (C=O) groups excluding carboxylic acids is 1. The van der Waals surface area contributed by atoms with Crippen molar-refractivity contribution in [2.24, 2.45) is 5.11 Å². The summed E-state index contributed by atoms with van der Waals surface area (Å²) >= 11 is 3.74. The zero-order valence-electron chi connectivity index (χ0n) is 8.52. The van der Waals surface area contributed by atoms with Crippen LogP contribution in [0, 0.1) is 2.88 Å². The van der Waals surface area contributed by atoms with Crippen LogP contribution in [-0.4, -0.2) is 19.0 Å². The summed E-state index contributed by atoms with van der Waals surface area (Å²) in [4.78, 5) is 14.2. The number of rotatable bonds is 6. The number of thiophene rings is 1. The minimum Gasteiger partial charge on any atom is -0.352 e. The first-order chi connectivity index (χ1) is 7.74. The van der Waals surface area contributed by atoms with E-state index in [1.165, 1.54) is 0 Å².